The molecule has 0 bridgehead atoms. The number of hydrogen-bond donors (Lipinski definition) is 1. The number of nitrogens with one attached hydrogen (secondary N) is 1. The van der Waals surface area contributed by atoms with E-state index in [9.17, 15) is 18.9 Å². The summed E-state index contributed by atoms with van der Waals surface area (Å²) >= 11 is 0. The summed E-state index contributed by atoms with van der Waals surface area (Å²) in [6, 6.07) is 7.04. The number of anilines is 1. The van der Waals surface area contributed by atoms with Crippen molar-refractivity contribution < 1.29 is 22.9 Å². The van der Waals surface area contributed by atoms with E-state index in [0.717, 1.165) is 17.9 Å². The minimum atomic E-state index is -3.14. The van der Waals surface area contributed by atoms with Gasteiger partial charge in [-0.15, -0.1) is 0 Å². The molecule has 0 radical (unpaired) electrons. The van der Waals surface area contributed by atoms with Crippen LogP contribution in [0.1, 0.15) is 24.5 Å². The van der Waals surface area contributed by atoms with E-state index in [1.54, 1.807) is 19.1 Å². The zero-order chi connectivity index (χ0) is 16.3. The van der Waals surface area contributed by atoms with Crippen LogP contribution in [0.25, 0.3) is 0 Å². The molecule has 0 aliphatic carbocycles. The lowest BCUT2D eigenvalue weighted by atomic mass is 10.2. The molecule has 1 unspecified atom stereocenters. The first-order chi connectivity index (χ1) is 10.4. The number of ether oxygens (including phenoxy) is 1. The van der Waals surface area contributed by atoms with Gasteiger partial charge < -0.3 is 14.5 Å². The van der Waals surface area contributed by atoms with E-state index in [1.165, 1.54) is 6.07 Å². The standard InChI is InChI=1S/C14H14F2N2O4/c1-8-3-6-12(21-8)9(2)17-10-4-5-11(18(19)20)13(7-10)22-14(15)16/h3-7,9,14,17H,1-2H3. The van der Waals surface area contributed by atoms with Crippen LogP contribution in [0.15, 0.2) is 34.7 Å². The minimum absolute atomic E-state index is 0.241. The summed E-state index contributed by atoms with van der Waals surface area (Å²) in [6.07, 6.45) is 0. The van der Waals surface area contributed by atoms with Crippen LogP contribution < -0.4 is 10.1 Å². The fourth-order valence-corrected chi connectivity index (χ4v) is 1.95. The Hall–Kier alpha value is -2.64. The van der Waals surface area contributed by atoms with Gasteiger partial charge in [-0.2, -0.15) is 8.78 Å². The second kappa shape index (κ2) is 6.42. The van der Waals surface area contributed by atoms with Crippen LogP contribution in [0.3, 0.4) is 0 Å². The number of halogens is 2. The predicted molar refractivity (Wildman–Crippen MR) is 75.2 cm³/mol. The first kappa shape index (κ1) is 15.7. The molecule has 118 valence electrons. The average molecular weight is 312 g/mol. The molecule has 2 aromatic rings. The number of aryl methyl sites for hydroxylation is 1. The van der Waals surface area contributed by atoms with Gasteiger partial charge in [-0.05, 0) is 32.0 Å². The van der Waals surface area contributed by atoms with Crippen LogP contribution in [0, 0.1) is 17.0 Å². The van der Waals surface area contributed by atoms with Crippen molar-refractivity contribution in [1.82, 2.24) is 0 Å². The summed E-state index contributed by atoms with van der Waals surface area (Å²) in [4.78, 5) is 10.0. The quantitative estimate of drug-likeness (QED) is 0.636. The second-order valence-electron chi connectivity index (χ2n) is 4.63. The molecule has 1 aromatic heterocycles. The first-order valence-electron chi connectivity index (χ1n) is 6.43. The SMILES string of the molecule is Cc1ccc(C(C)Nc2ccc([N+](=O)[O-])c(OC(F)F)c2)o1. The molecule has 0 saturated heterocycles. The molecule has 1 N–H and O–H groups in total. The number of nitro groups is 1. The minimum Gasteiger partial charge on any atom is -0.464 e. The van der Waals surface area contributed by atoms with Gasteiger partial charge >= 0.3 is 12.3 Å². The van der Waals surface area contributed by atoms with Gasteiger partial charge in [0.1, 0.15) is 11.5 Å². The van der Waals surface area contributed by atoms with Crippen LogP contribution in [0.5, 0.6) is 5.75 Å². The third kappa shape index (κ3) is 3.72. The normalized spacial score (nSPS) is 12.2. The molecule has 0 fully saturated rings. The smallest absolute Gasteiger partial charge is 0.387 e. The molecule has 2 rings (SSSR count). The average Bonchev–Trinajstić information content (AvgIpc) is 2.84. The van der Waals surface area contributed by atoms with Crippen molar-refractivity contribution in [3.05, 3.63) is 52.0 Å². The van der Waals surface area contributed by atoms with Gasteiger partial charge in [0.05, 0.1) is 11.0 Å². The van der Waals surface area contributed by atoms with Gasteiger partial charge in [-0.3, -0.25) is 10.1 Å². The molecular formula is C14H14F2N2O4. The first-order valence-corrected chi connectivity index (χ1v) is 6.43. The molecular weight excluding hydrogens is 298 g/mol. The van der Waals surface area contributed by atoms with Crippen LogP contribution in [0.2, 0.25) is 0 Å². The number of hydrogen-bond acceptors (Lipinski definition) is 5. The fraction of sp³-hybridized carbons (Fsp3) is 0.286. The Bertz CT molecular complexity index is 673. The monoisotopic (exact) mass is 312 g/mol. The Balaban J connectivity index is 2.22. The van der Waals surface area contributed by atoms with E-state index < -0.39 is 23.0 Å². The van der Waals surface area contributed by atoms with E-state index in [4.69, 9.17) is 4.42 Å². The lowest BCUT2D eigenvalue weighted by Gasteiger charge is -2.14. The zero-order valence-corrected chi connectivity index (χ0v) is 11.9. The molecule has 0 amide bonds. The summed E-state index contributed by atoms with van der Waals surface area (Å²) in [5.41, 5.74) is -0.116. The molecule has 8 heteroatoms. The maximum absolute atomic E-state index is 12.3. The Morgan fingerprint density at radius 2 is 2.05 bits per heavy atom. The molecule has 0 aliphatic rings. The van der Waals surface area contributed by atoms with Gasteiger partial charge in [0.15, 0.2) is 0 Å². The maximum Gasteiger partial charge on any atom is 0.387 e. The lowest BCUT2D eigenvalue weighted by Crippen LogP contribution is -2.08. The predicted octanol–water partition coefficient (Wildman–Crippen LogP) is 4.27. The topological polar surface area (TPSA) is 77.5 Å². The highest BCUT2D eigenvalue weighted by atomic mass is 19.3. The van der Waals surface area contributed by atoms with Crippen molar-refractivity contribution in [2.24, 2.45) is 0 Å². The van der Waals surface area contributed by atoms with E-state index in [-0.39, 0.29) is 6.04 Å². The van der Waals surface area contributed by atoms with Crippen molar-refractivity contribution in [3.8, 4) is 5.75 Å². The van der Waals surface area contributed by atoms with Crippen molar-refractivity contribution in [2.45, 2.75) is 26.5 Å². The highest BCUT2D eigenvalue weighted by Crippen LogP contribution is 2.32. The third-order valence-corrected chi connectivity index (χ3v) is 2.94. The van der Waals surface area contributed by atoms with Gasteiger partial charge in [-0.25, -0.2) is 0 Å². The summed E-state index contributed by atoms with van der Waals surface area (Å²) in [6.45, 7) is 0.475. The van der Waals surface area contributed by atoms with Crippen molar-refractivity contribution >= 4 is 11.4 Å². The Labute approximate surface area is 124 Å². The number of alkyl halides is 2. The lowest BCUT2D eigenvalue weighted by molar-refractivity contribution is -0.386. The molecule has 0 aliphatic heterocycles. The summed E-state index contributed by atoms with van der Waals surface area (Å²) in [7, 11) is 0. The van der Waals surface area contributed by atoms with E-state index in [2.05, 4.69) is 10.1 Å². The summed E-state index contributed by atoms with van der Waals surface area (Å²) in [5.74, 6) is 0.911. The number of nitro benzene ring substituents is 1. The molecule has 0 spiro atoms. The van der Waals surface area contributed by atoms with Gasteiger partial charge in [0, 0.05) is 17.8 Å². The molecule has 22 heavy (non-hydrogen) atoms. The number of rotatable bonds is 6. The van der Waals surface area contributed by atoms with Gasteiger partial charge in [0.2, 0.25) is 5.75 Å². The molecule has 6 nitrogen and oxygen atoms in total. The van der Waals surface area contributed by atoms with Crippen LogP contribution >= 0.6 is 0 Å². The van der Waals surface area contributed by atoms with Gasteiger partial charge in [-0.1, -0.05) is 0 Å². The van der Waals surface area contributed by atoms with E-state index in [0.29, 0.717) is 11.4 Å². The third-order valence-electron chi connectivity index (χ3n) is 2.94. The molecule has 1 aromatic carbocycles. The Morgan fingerprint density at radius 1 is 1.32 bits per heavy atom. The molecule has 1 heterocycles. The number of nitrogens with zero attached hydrogens (tertiary/aromatic N) is 1. The van der Waals surface area contributed by atoms with Crippen molar-refractivity contribution in [3.63, 3.8) is 0 Å². The van der Waals surface area contributed by atoms with Crippen LogP contribution in [-0.4, -0.2) is 11.5 Å². The molecule has 1 atom stereocenters. The van der Waals surface area contributed by atoms with Crippen molar-refractivity contribution in [1.29, 1.82) is 0 Å². The summed E-state index contributed by atoms with van der Waals surface area (Å²) < 4.78 is 34.3. The number of benzene rings is 1. The zero-order valence-electron chi connectivity index (χ0n) is 11.9. The van der Waals surface area contributed by atoms with Gasteiger partial charge in [0.25, 0.3) is 0 Å². The van der Waals surface area contributed by atoms with Crippen molar-refractivity contribution in [2.75, 3.05) is 5.32 Å². The Kier molecular flexibility index (Phi) is 4.59. The van der Waals surface area contributed by atoms with Crippen LogP contribution in [-0.2, 0) is 0 Å². The highest BCUT2D eigenvalue weighted by molar-refractivity contribution is 5.58. The number of furan rings is 1. The maximum atomic E-state index is 12.3. The van der Waals surface area contributed by atoms with E-state index >= 15 is 0 Å². The fourth-order valence-electron chi connectivity index (χ4n) is 1.95. The second-order valence-corrected chi connectivity index (χ2v) is 4.63. The van der Waals surface area contributed by atoms with Crippen LogP contribution in [0.4, 0.5) is 20.2 Å². The Morgan fingerprint density at radius 3 is 2.59 bits per heavy atom. The largest absolute Gasteiger partial charge is 0.464 e. The summed E-state index contributed by atoms with van der Waals surface area (Å²) in [5, 5.41) is 13.8. The molecule has 0 saturated carbocycles. The van der Waals surface area contributed by atoms with E-state index in [1.807, 2.05) is 6.92 Å². The highest BCUT2D eigenvalue weighted by Gasteiger charge is 2.20.